The van der Waals surface area contributed by atoms with Crippen LogP contribution in [-0.4, -0.2) is 58.8 Å². The van der Waals surface area contributed by atoms with E-state index in [0.29, 0.717) is 10.0 Å². The average Bonchev–Trinajstić information content (AvgIpc) is 2.79. The Bertz CT molecular complexity index is 924. The van der Waals surface area contributed by atoms with Gasteiger partial charge in [-0.05, 0) is 62.9 Å². The molecule has 1 aliphatic heterocycles. The number of hydrogen-bond donors (Lipinski definition) is 1. The van der Waals surface area contributed by atoms with E-state index < -0.39 is 5.60 Å². The van der Waals surface area contributed by atoms with Crippen molar-refractivity contribution >= 4 is 23.2 Å². The van der Waals surface area contributed by atoms with E-state index in [2.05, 4.69) is 54.8 Å². The molecule has 1 saturated heterocycles. The van der Waals surface area contributed by atoms with Crippen molar-refractivity contribution in [1.82, 2.24) is 9.80 Å². The molecule has 1 saturated carbocycles. The molecule has 1 N–H and O–H groups in total. The lowest BCUT2D eigenvalue weighted by atomic mass is 9.72. The maximum Gasteiger partial charge on any atom is 0.0728 e. The van der Waals surface area contributed by atoms with Crippen molar-refractivity contribution in [2.45, 2.75) is 69.9 Å². The monoisotopic (exact) mass is 488 g/mol. The minimum Gasteiger partial charge on any atom is -0.389 e. The molecule has 180 valence electrons. The van der Waals surface area contributed by atoms with Crippen LogP contribution in [0.5, 0.6) is 0 Å². The van der Waals surface area contributed by atoms with Crippen LogP contribution in [0.2, 0.25) is 10.0 Å². The molecule has 5 heteroatoms. The molecule has 2 aliphatic rings. The Morgan fingerprint density at radius 1 is 0.909 bits per heavy atom. The maximum absolute atomic E-state index is 11.8. The van der Waals surface area contributed by atoms with E-state index in [1.54, 1.807) is 0 Å². The summed E-state index contributed by atoms with van der Waals surface area (Å²) in [4.78, 5) is 5.12. The van der Waals surface area contributed by atoms with Crippen LogP contribution >= 0.6 is 23.2 Å². The lowest BCUT2D eigenvalue weighted by Gasteiger charge is -2.46. The number of aliphatic hydroxyl groups is 1. The van der Waals surface area contributed by atoms with Crippen molar-refractivity contribution < 1.29 is 5.11 Å². The standard InChI is InChI=1S/C28H38Cl2N2O/c1-27(2,3)32-17-15-31(16-18-32)20-25(28(33)13-5-4-6-14-28)22-9-7-21(8-10-22)24-19-23(29)11-12-26(24)30/h7-12,19,25,33H,4-6,13-18,20H2,1-3H3. The fraction of sp³-hybridized carbons (Fsp3) is 0.571. The van der Waals surface area contributed by atoms with Crippen molar-refractivity contribution in [1.29, 1.82) is 0 Å². The van der Waals surface area contributed by atoms with Gasteiger partial charge in [-0.2, -0.15) is 0 Å². The molecule has 0 bridgehead atoms. The predicted octanol–water partition coefficient (Wildman–Crippen LogP) is 6.86. The third kappa shape index (κ3) is 5.94. The first-order valence-electron chi connectivity index (χ1n) is 12.4. The van der Waals surface area contributed by atoms with Gasteiger partial charge >= 0.3 is 0 Å². The smallest absolute Gasteiger partial charge is 0.0728 e. The zero-order valence-electron chi connectivity index (χ0n) is 20.3. The molecular weight excluding hydrogens is 451 g/mol. The van der Waals surface area contributed by atoms with Gasteiger partial charge in [0.2, 0.25) is 0 Å². The summed E-state index contributed by atoms with van der Waals surface area (Å²) in [5.41, 5.74) is 2.81. The predicted molar refractivity (Wildman–Crippen MR) is 140 cm³/mol. The summed E-state index contributed by atoms with van der Waals surface area (Å²) in [7, 11) is 0. The normalized spacial score (nSPS) is 21.2. The molecule has 1 unspecified atom stereocenters. The van der Waals surface area contributed by atoms with Gasteiger partial charge in [0.1, 0.15) is 0 Å². The summed E-state index contributed by atoms with van der Waals surface area (Å²) >= 11 is 12.7. The summed E-state index contributed by atoms with van der Waals surface area (Å²) < 4.78 is 0. The lowest BCUT2D eigenvalue weighted by molar-refractivity contribution is -0.0370. The second kappa shape index (κ2) is 10.3. The van der Waals surface area contributed by atoms with Gasteiger partial charge in [-0.1, -0.05) is 66.7 Å². The Morgan fingerprint density at radius 3 is 2.15 bits per heavy atom. The summed E-state index contributed by atoms with van der Waals surface area (Å²) in [5.74, 6) is 0.114. The first-order valence-corrected chi connectivity index (χ1v) is 13.2. The molecule has 1 heterocycles. The number of halogens is 2. The first-order chi connectivity index (χ1) is 15.7. The van der Waals surface area contributed by atoms with Crippen molar-refractivity contribution in [3.63, 3.8) is 0 Å². The molecule has 4 rings (SSSR count). The summed E-state index contributed by atoms with van der Waals surface area (Å²) in [5, 5.41) is 13.2. The molecular formula is C28H38Cl2N2O. The second-order valence-corrected chi connectivity index (χ2v) is 11.8. The van der Waals surface area contributed by atoms with E-state index in [4.69, 9.17) is 23.2 Å². The Kier molecular flexibility index (Phi) is 7.77. The Labute approximate surface area is 209 Å². The molecule has 2 fully saturated rings. The van der Waals surface area contributed by atoms with Crippen LogP contribution in [0.15, 0.2) is 42.5 Å². The third-order valence-electron chi connectivity index (χ3n) is 7.68. The van der Waals surface area contributed by atoms with Gasteiger partial charge in [-0.25, -0.2) is 0 Å². The van der Waals surface area contributed by atoms with Crippen LogP contribution in [-0.2, 0) is 0 Å². The molecule has 2 aromatic rings. The fourth-order valence-electron chi connectivity index (χ4n) is 5.57. The summed E-state index contributed by atoms with van der Waals surface area (Å²) in [6, 6.07) is 14.2. The summed E-state index contributed by atoms with van der Waals surface area (Å²) in [6.07, 6.45) is 5.23. The highest BCUT2D eigenvalue weighted by atomic mass is 35.5. The summed E-state index contributed by atoms with van der Waals surface area (Å²) in [6.45, 7) is 12.1. The average molecular weight is 490 g/mol. The van der Waals surface area contributed by atoms with Crippen LogP contribution in [0.3, 0.4) is 0 Å². The molecule has 33 heavy (non-hydrogen) atoms. The number of piperazine rings is 1. The van der Waals surface area contributed by atoms with Crippen LogP contribution in [0.1, 0.15) is 64.4 Å². The van der Waals surface area contributed by atoms with E-state index in [1.807, 2.05) is 18.2 Å². The second-order valence-electron chi connectivity index (χ2n) is 10.9. The van der Waals surface area contributed by atoms with Gasteiger partial charge in [0.25, 0.3) is 0 Å². The maximum atomic E-state index is 11.8. The quantitative estimate of drug-likeness (QED) is 0.497. The molecule has 2 aromatic carbocycles. The topological polar surface area (TPSA) is 26.7 Å². The van der Waals surface area contributed by atoms with E-state index in [0.717, 1.165) is 69.5 Å². The highest BCUT2D eigenvalue weighted by Crippen LogP contribution is 2.41. The van der Waals surface area contributed by atoms with Gasteiger partial charge in [0, 0.05) is 59.8 Å². The zero-order chi connectivity index (χ0) is 23.6. The number of rotatable bonds is 5. The molecule has 0 spiro atoms. The van der Waals surface area contributed by atoms with E-state index in [-0.39, 0.29) is 11.5 Å². The minimum atomic E-state index is -0.630. The number of nitrogens with zero attached hydrogens (tertiary/aromatic N) is 2. The molecule has 1 aliphatic carbocycles. The van der Waals surface area contributed by atoms with Gasteiger partial charge in [-0.3, -0.25) is 4.90 Å². The van der Waals surface area contributed by atoms with Gasteiger partial charge < -0.3 is 10.0 Å². The highest BCUT2D eigenvalue weighted by molar-refractivity contribution is 6.35. The van der Waals surface area contributed by atoms with Gasteiger partial charge in [0.05, 0.1) is 5.60 Å². The third-order valence-corrected chi connectivity index (χ3v) is 8.25. The molecule has 0 radical (unpaired) electrons. The molecule has 0 amide bonds. The zero-order valence-corrected chi connectivity index (χ0v) is 21.8. The number of benzene rings is 2. The Hall–Kier alpha value is -1.10. The fourth-order valence-corrected chi connectivity index (χ4v) is 5.97. The van der Waals surface area contributed by atoms with Crippen LogP contribution in [0.25, 0.3) is 11.1 Å². The van der Waals surface area contributed by atoms with Crippen LogP contribution < -0.4 is 0 Å². The molecule has 0 aromatic heterocycles. The van der Waals surface area contributed by atoms with E-state index in [1.165, 1.54) is 12.0 Å². The Morgan fingerprint density at radius 2 is 1.55 bits per heavy atom. The minimum absolute atomic E-state index is 0.114. The van der Waals surface area contributed by atoms with E-state index in [9.17, 15) is 5.11 Å². The van der Waals surface area contributed by atoms with Crippen LogP contribution in [0.4, 0.5) is 0 Å². The SMILES string of the molecule is CC(C)(C)N1CCN(CC(c2ccc(-c3cc(Cl)ccc3Cl)cc2)C2(O)CCCCC2)CC1. The van der Waals surface area contributed by atoms with Gasteiger partial charge in [-0.15, -0.1) is 0 Å². The van der Waals surface area contributed by atoms with Crippen molar-refractivity contribution in [3.05, 3.63) is 58.1 Å². The lowest BCUT2D eigenvalue weighted by Crippen LogP contribution is -2.55. The largest absolute Gasteiger partial charge is 0.389 e. The van der Waals surface area contributed by atoms with Crippen molar-refractivity contribution in [2.24, 2.45) is 0 Å². The first kappa shape index (κ1) is 25.0. The van der Waals surface area contributed by atoms with Gasteiger partial charge in [0.15, 0.2) is 0 Å². The molecule has 1 atom stereocenters. The number of hydrogen-bond acceptors (Lipinski definition) is 3. The van der Waals surface area contributed by atoms with Crippen molar-refractivity contribution in [3.8, 4) is 11.1 Å². The molecule has 3 nitrogen and oxygen atoms in total. The van der Waals surface area contributed by atoms with Crippen molar-refractivity contribution in [2.75, 3.05) is 32.7 Å². The Balaban J connectivity index is 1.56. The highest BCUT2D eigenvalue weighted by Gasteiger charge is 2.40. The van der Waals surface area contributed by atoms with Crippen LogP contribution in [0, 0.1) is 0 Å². The van der Waals surface area contributed by atoms with E-state index >= 15 is 0 Å².